The zero-order valence-electron chi connectivity index (χ0n) is 16.5. The molecule has 0 spiro atoms. The molecule has 2 aromatic heterocycles. The molecule has 0 radical (unpaired) electrons. The Bertz CT molecular complexity index is 1110. The van der Waals surface area contributed by atoms with Gasteiger partial charge in [0.15, 0.2) is 0 Å². The quantitative estimate of drug-likeness (QED) is 0.449. The third-order valence-corrected chi connectivity index (χ3v) is 5.21. The predicted molar refractivity (Wildman–Crippen MR) is 111 cm³/mol. The van der Waals surface area contributed by atoms with Crippen LogP contribution in [0.15, 0.2) is 55.4 Å². The van der Waals surface area contributed by atoms with Gasteiger partial charge in [-0.2, -0.15) is 13.2 Å². The van der Waals surface area contributed by atoms with Gasteiger partial charge in [-0.25, -0.2) is 4.98 Å². The standard InChI is InChI=1S/C22H21F3N4O2/c1-2-19(30)28-14-7-4-8-15(9-14)31-16-10-17-18(12-27-21(17)26-11-16)20(22(23,24)25)29-13-5-3-6-13/h2,4,7-13,20,29H,1,3,5-6H2,(H,26,27)(H,28,30). The van der Waals surface area contributed by atoms with Crippen molar-refractivity contribution in [2.24, 2.45) is 0 Å². The first-order valence-corrected chi connectivity index (χ1v) is 9.84. The fourth-order valence-electron chi connectivity index (χ4n) is 3.44. The average molecular weight is 430 g/mol. The fraction of sp³-hybridized carbons (Fsp3) is 0.273. The number of rotatable bonds is 7. The van der Waals surface area contributed by atoms with Crippen molar-refractivity contribution in [1.29, 1.82) is 0 Å². The molecular formula is C22H21F3N4O2. The van der Waals surface area contributed by atoms with Crippen molar-refractivity contribution >= 4 is 22.6 Å². The van der Waals surface area contributed by atoms with E-state index in [1.54, 1.807) is 24.3 Å². The molecule has 1 fully saturated rings. The van der Waals surface area contributed by atoms with E-state index in [-0.39, 0.29) is 23.3 Å². The number of aromatic amines is 1. The topological polar surface area (TPSA) is 79.0 Å². The van der Waals surface area contributed by atoms with E-state index in [4.69, 9.17) is 4.74 Å². The van der Waals surface area contributed by atoms with Crippen LogP contribution in [0.5, 0.6) is 11.5 Å². The van der Waals surface area contributed by atoms with E-state index in [1.165, 1.54) is 18.5 Å². The zero-order valence-corrected chi connectivity index (χ0v) is 16.5. The Morgan fingerprint density at radius 3 is 2.77 bits per heavy atom. The Morgan fingerprint density at radius 2 is 2.10 bits per heavy atom. The monoisotopic (exact) mass is 430 g/mol. The van der Waals surface area contributed by atoms with Crippen molar-refractivity contribution in [1.82, 2.24) is 15.3 Å². The number of ether oxygens (including phenoxy) is 1. The highest BCUT2D eigenvalue weighted by Gasteiger charge is 2.43. The molecule has 0 aliphatic heterocycles. The highest BCUT2D eigenvalue weighted by molar-refractivity contribution is 5.98. The van der Waals surface area contributed by atoms with Crippen LogP contribution in [0.4, 0.5) is 18.9 Å². The van der Waals surface area contributed by atoms with E-state index >= 15 is 0 Å². The number of pyridine rings is 1. The van der Waals surface area contributed by atoms with Gasteiger partial charge in [-0.05, 0) is 37.1 Å². The SMILES string of the molecule is C=CC(=O)Nc1cccc(Oc2cnc3[nH]cc(C(NC4CCC4)C(F)(F)F)c3c2)c1. The smallest absolute Gasteiger partial charge is 0.407 e. The summed E-state index contributed by atoms with van der Waals surface area (Å²) in [6.45, 7) is 3.40. The van der Waals surface area contributed by atoms with E-state index in [9.17, 15) is 18.0 Å². The summed E-state index contributed by atoms with van der Waals surface area (Å²) in [5.74, 6) is 0.319. The van der Waals surface area contributed by atoms with Gasteiger partial charge in [0.25, 0.3) is 0 Å². The second kappa shape index (κ2) is 8.43. The van der Waals surface area contributed by atoms with Crippen molar-refractivity contribution in [3.8, 4) is 11.5 Å². The number of anilines is 1. The van der Waals surface area contributed by atoms with Crippen LogP contribution >= 0.6 is 0 Å². The number of nitrogens with zero attached hydrogens (tertiary/aromatic N) is 1. The second-order valence-electron chi connectivity index (χ2n) is 7.40. The molecule has 9 heteroatoms. The lowest BCUT2D eigenvalue weighted by atomic mass is 9.91. The summed E-state index contributed by atoms with van der Waals surface area (Å²) in [7, 11) is 0. The number of fused-ring (bicyclic) bond motifs is 1. The van der Waals surface area contributed by atoms with Gasteiger partial charge in [-0.15, -0.1) is 0 Å². The average Bonchev–Trinajstić information content (AvgIpc) is 3.09. The van der Waals surface area contributed by atoms with Gasteiger partial charge in [0.05, 0.1) is 6.20 Å². The molecule has 1 aliphatic carbocycles. The number of amides is 1. The first-order valence-electron chi connectivity index (χ1n) is 9.84. The minimum absolute atomic E-state index is 0.0827. The minimum atomic E-state index is -4.45. The maximum atomic E-state index is 13.8. The summed E-state index contributed by atoms with van der Waals surface area (Å²) in [6, 6.07) is 6.23. The molecule has 0 saturated heterocycles. The number of hydrogen-bond acceptors (Lipinski definition) is 4. The third kappa shape index (κ3) is 4.72. The van der Waals surface area contributed by atoms with Gasteiger partial charge in [0.2, 0.25) is 5.91 Å². The minimum Gasteiger partial charge on any atom is -0.456 e. The number of carbonyl (C=O) groups is 1. The van der Waals surface area contributed by atoms with Gasteiger partial charge in [0.1, 0.15) is 23.2 Å². The summed E-state index contributed by atoms with van der Waals surface area (Å²) in [4.78, 5) is 18.5. The normalized spacial score (nSPS) is 15.3. The number of hydrogen-bond donors (Lipinski definition) is 3. The number of halogens is 3. The van der Waals surface area contributed by atoms with Crippen molar-refractivity contribution in [3.05, 3.63) is 60.9 Å². The molecule has 1 aromatic carbocycles. The lowest BCUT2D eigenvalue weighted by Crippen LogP contribution is -2.43. The molecule has 4 rings (SSSR count). The number of H-pyrrole nitrogens is 1. The molecule has 1 aliphatic rings. The van der Waals surface area contributed by atoms with Crippen LogP contribution in [-0.2, 0) is 4.79 Å². The molecule has 31 heavy (non-hydrogen) atoms. The Hall–Kier alpha value is -3.33. The van der Waals surface area contributed by atoms with Gasteiger partial charge in [0, 0.05) is 34.9 Å². The lowest BCUT2D eigenvalue weighted by molar-refractivity contribution is -0.160. The van der Waals surface area contributed by atoms with Crippen molar-refractivity contribution in [3.63, 3.8) is 0 Å². The molecule has 1 saturated carbocycles. The Kier molecular flexibility index (Phi) is 5.69. The van der Waals surface area contributed by atoms with Crippen LogP contribution in [0, 0.1) is 0 Å². The molecule has 1 unspecified atom stereocenters. The van der Waals surface area contributed by atoms with E-state index in [0.717, 1.165) is 25.3 Å². The van der Waals surface area contributed by atoms with Crippen LogP contribution in [0.25, 0.3) is 11.0 Å². The number of alkyl halides is 3. The summed E-state index contributed by atoms with van der Waals surface area (Å²) in [5.41, 5.74) is 0.930. The number of carbonyl (C=O) groups excluding carboxylic acids is 1. The number of benzene rings is 1. The second-order valence-corrected chi connectivity index (χ2v) is 7.40. The summed E-state index contributed by atoms with van der Waals surface area (Å²) >= 11 is 0. The van der Waals surface area contributed by atoms with Crippen LogP contribution < -0.4 is 15.4 Å². The van der Waals surface area contributed by atoms with Crippen LogP contribution in [0.1, 0.15) is 30.9 Å². The van der Waals surface area contributed by atoms with Gasteiger partial charge in [-0.3, -0.25) is 10.1 Å². The third-order valence-electron chi connectivity index (χ3n) is 5.21. The number of nitrogens with one attached hydrogen (secondary N) is 3. The summed E-state index contributed by atoms with van der Waals surface area (Å²) in [6.07, 6.45) is 1.88. The van der Waals surface area contributed by atoms with Crippen molar-refractivity contribution < 1.29 is 22.7 Å². The summed E-state index contributed by atoms with van der Waals surface area (Å²) in [5, 5.41) is 5.68. The largest absolute Gasteiger partial charge is 0.456 e. The zero-order chi connectivity index (χ0) is 22.0. The van der Waals surface area contributed by atoms with Gasteiger partial charge < -0.3 is 15.0 Å². The molecule has 1 atom stereocenters. The maximum Gasteiger partial charge on any atom is 0.407 e. The van der Waals surface area contributed by atoms with Crippen molar-refractivity contribution in [2.75, 3.05) is 5.32 Å². The van der Waals surface area contributed by atoms with Crippen LogP contribution in [0.2, 0.25) is 0 Å². The predicted octanol–water partition coefficient (Wildman–Crippen LogP) is 5.23. The Labute approximate surface area is 176 Å². The van der Waals surface area contributed by atoms with E-state index in [1.807, 2.05) is 0 Å². The first-order chi connectivity index (χ1) is 14.8. The number of aromatic nitrogens is 2. The van der Waals surface area contributed by atoms with Crippen LogP contribution in [-0.4, -0.2) is 28.1 Å². The molecule has 162 valence electrons. The van der Waals surface area contributed by atoms with Crippen LogP contribution in [0.3, 0.4) is 0 Å². The molecule has 6 nitrogen and oxygen atoms in total. The Morgan fingerprint density at radius 1 is 1.29 bits per heavy atom. The Balaban J connectivity index is 1.61. The highest BCUT2D eigenvalue weighted by Crippen LogP contribution is 2.39. The molecule has 1 amide bonds. The molecule has 3 aromatic rings. The molecule has 2 heterocycles. The van der Waals surface area contributed by atoms with Gasteiger partial charge in [-0.1, -0.05) is 19.1 Å². The van der Waals surface area contributed by atoms with Crippen molar-refractivity contribution in [2.45, 2.75) is 37.5 Å². The molecule has 0 bridgehead atoms. The molecule has 3 N–H and O–H groups in total. The van der Waals surface area contributed by atoms with E-state index in [2.05, 4.69) is 27.2 Å². The molecular weight excluding hydrogens is 409 g/mol. The van der Waals surface area contributed by atoms with E-state index < -0.39 is 12.2 Å². The maximum absolute atomic E-state index is 13.8. The van der Waals surface area contributed by atoms with E-state index in [0.29, 0.717) is 22.5 Å². The lowest BCUT2D eigenvalue weighted by Gasteiger charge is -2.32. The van der Waals surface area contributed by atoms with Gasteiger partial charge >= 0.3 is 6.18 Å². The summed E-state index contributed by atoms with van der Waals surface area (Å²) < 4.78 is 47.2. The first kappa shape index (κ1) is 20.9. The fourth-order valence-corrected chi connectivity index (χ4v) is 3.44. The highest BCUT2D eigenvalue weighted by atomic mass is 19.4.